The van der Waals surface area contributed by atoms with Crippen LogP contribution in [0.4, 0.5) is 0 Å². The Bertz CT molecular complexity index is 739. The normalized spacial score (nSPS) is 10.2. The minimum atomic E-state index is -0.753. The minimum absolute atomic E-state index is 0.177. The predicted octanol–water partition coefficient (Wildman–Crippen LogP) is 1.15. The van der Waals surface area contributed by atoms with Gasteiger partial charge in [-0.15, -0.1) is 0 Å². The summed E-state index contributed by atoms with van der Waals surface area (Å²) in [4.78, 5) is 36.0. The molecule has 7 heteroatoms. The maximum Gasteiger partial charge on any atom is 0.417 e. The van der Waals surface area contributed by atoms with E-state index >= 15 is 0 Å². The van der Waals surface area contributed by atoms with Gasteiger partial charge in [0.25, 0.3) is 0 Å². The van der Waals surface area contributed by atoms with Crippen LogP contribution in [0.3, 0.4) is 0 Å². The molecule has 2 rings (SSSR count). The maximum atomic E-state index is 11.5. The SMILES string of the molecule is C=C(C)C(=O)OCC(=O)Oc1ccc2[nH]c(=O)oc2c1. The second-order valence-electron chi connectivity index (χ2n) is 4.00. The number of fused-ring (bicyclic) bond motifs is 1. The van der Waals surface area contributed by atoms with Gasteiger partial charge in [0.2, 0.25) is 0 Å². The number of oxazole rings is 1. The summed E-state index contributed by atoms with van der Waals surface area (Å²) in [6.07, 6.45) is 0. The number of carbonyl (C=O) groups is 2. The number of rotatable bonds is 4. The molecule has 0 aliphatic rings. The molecule has 0 unspecified atom stereocenters. The summed E-state index contributed by atoms with van der Waals surface area (Å²) in [7, 11) is 0. The molecule has 0 bridgehead atoms. The van der Waals surface area contributed by atoms with Crippen LogP contribution >= 0.6 is 0 Å². The average molecular weight is 277 g/mol. The van der Waals surface area contributed by atoms with Crippen molar-refractivity contribution in [3.8, 4) is 5.75 Å². The van der Waals surface area contributed by atoms with Gasteiger partial charge < -0.3 is 13.9 Å². The predicted molar refractivity (Wildman–Crippen MR) is 68.2 cm³/mol. The second-order valence-corrected chi connectivity index (χ2v) is 4.00. The molecular weight excluding hydrogens is 266 g/mol. The first-order valence-electron chi connectivity index (χ1n) is 5.62. The quantitative estimate of drug-likeness (QED) is 0.511. The molecule has 0 saturated heterocycles. The van der Waals surface area contributed by atoms with E-state index in [2.05, 4.69) is 16.3 Å². The molecule has 0 fully saturated rings. The van der Waals surface area contributed by atoms with Crippen molar-refractivity contribution in [3.63, 3.8) is 0 Å². The largest absolute Gasteiger partial charge is 0.450 e. The van der Waals surface area contributed by atoms with E-state index in [1.165, 1.54) is 25.1 Å². The van der Waals surface area contributed by atoms with Crippen LogP contribution < -0.4 is 10.5 Å². The van der Waals surface area contributed by atoms with Crippen LogP contribution in [0, 0.1) is 0 Å². The van der Waals surface area contributed by atoms with E-state index in [-0.39, 0.29) is 16.9 Å². The van der Waals surface area contributed by atoms with Gasteiger partial charge in [0, 0.05) is 11.6 Å². The van der Waals surface area contributed by atoms with Crippen molar-refractivity contribution < 1.29 is 23.5 Å². The fourth-order valence-corrected chi connectivity index (χ4v) is 1.40. The molecule has 2 aromatic rings. The van der Waals surface area contributed by atoms with Gasteiger partial charge in [0.1, 0.15) is 5.75 Å². The molecule has 0 radical (unpaired) electrons. The van der Waals surface area contributed by atoms with E-state index < -0.39 is 24.3 Å². The van der Waals surface area contributed by atoms with Crippen LogP contribution in [0.15, 0.2) is 39.6 Å². The molecule has 7 nitrogen and oxygen atoms in total. The number of aromatic amines is 1. The highest BCUT2D eigenvalue weighted by atomic mass is 16.6. The third kappa shape index (κ3) is 3.14. The highest BCUT2D eigenvalue weighted by Crippen LogP contribution is 2.18. The summed E-state index contributed by atoms with van der Waals surface area (Å²) in [6, 6.07) is 4.39. The highest BCUT2D eigenvalue weighted by Gasteiger charge is 2.11. The van der Waals surface area contributed by atoms with Crippen LogP contribution in [-0.4, -0.2) is 23.5 Å². The summed E-state index contributed by atoms with van der Waals surface area (Å²) in [5.74, 6) is -1.85. The molecule has 104 valence electrons. The zero-order chi connectivity index (χ0) is 14.7. The Hall–Kier alpha value is -2.83. The van der Waals surface area contributed by atoms with Crippen molar-refractivity contribution >= 4 is 23.0 Å². The summed E-state index contributed by atoms with van der Waals surface area (Å²) in [5, 5.41) is 0. The summed E-state index contributed by atoms with van der Waals surface area (Å²) < 4.78 is 14.4. The second kappa shape index (κ2) is 5.43. The maximum absolute atomic E-state index is 11.5. The zero-order valence-corrected chi connectivity index (χ0v) is 10.6. The monoisotopic (exact) mass is 277 g/mol. The van der Waals surface area contributed by atoms with E-state index in [0.29, 0.717) is 5.52 Å². The lowest BCUT2D eigenvalue weighted by Crippen LogP contribution is -2.18. The zero-order valence-electron chi connectivity index (χ0n) is 10.6. The van der Waals surface area contributed by atoms with Crippen molar-refractivity contribution in [1.82, 2.24) is 4.98 Å². The number of carbonyl (C=O) groups excluding carboxylic acids is 2. The van der Waals surface area contributed by atoms with Crippen molar-refractivity contribution in [2.75, 3.05) is 6.61 Å². The number of hydrogen-bond donors (Lipinski definition) is 1. The van der Waals surface area contributed by atoms with E-state index in [1.54, 1.807) is 0 Å². The smallest absolute Gasteiger partial charge is 0.417 e. The Morgan fingerprint density at radius 3 is 2.85 bits per heavy atom. The molecule has 0 atom stereocenters. The fraction of sp³-hybridized carbons (Fsp3) is 0.154. The number of hydrogen-bond acceptors (Lipinski definition) is 6. The standard InChI is InChI=1S/C13H11NO6/c1-7(2)12(16)18-6-11(15)19-8-3-4-9-10(5-8)20-13(17)14-9/h3-5H,1,6H2,2H3,(H,14,17). The van der Waals surface area contributed by atoms with Crippen LogP contribution in [0.5, 0.6) is 5.75 Å². The molecule has 0 aliphatic heterocycles. The molecule has 20 heavy (non-hydrogen) atoms. The summed E-state index contributed by atoms with van der Waals surface area (Å²) in [5.41, 5.74) is 0.941. The Morgan fingerprint density at radius 2 is 2.15 bits per heavy atom. The van der Waals surface area contributed by atoms with Gasteiger partial charge in [-0.2, -0.15) is 0 Å². The first kappa shape index (κ1) is 13.6. The number of H-pyrrole nitrogens is 1. The number of aromatic nitrogens is 1. The Balaban J connectivity index is 2.00. The molecule has 0 spiro atoms. The minimum Gasteiger partial charge on any atom is -0.450 e. The third-order valence-corrected chi connectivity index (χ3v) is 2.29. The summed E-state index contributed by atoms with van der Waals surface area (Å²) in [6.45, 7) is 4.32. The van der Waals surface area contributed by atoms with Gasteiger partial charge in [-0.25, -0.2) is 14.4 Å². The molecular formula is C13H11NO6. The molecule has 1 heterocycles. The van der Waals surface area contributed by atoms with Gasteiger partial charge in [0.05, 0.1) is 5.52 Å². The number of benzene rings is 1. The van der Waals surface area contributed by atoms with Gasteiger partial charge in [-0.3, -0.25) is 4.98 Å². The Kier molecular flexibility index (Phi) is 3.69. The van der Waals surface area contributed by atoms with Crippen molar-refractivity contribution in [1.29, 1.82) is 0 Å². The van der Waals surface area contributed by atoms with E-state index in [0.717, 1.165) is 0 Å². The van der Waals surface area contributed by atoms with Crippen molar-refractivity contribution in [3.05, 3.63) is 40.9 Å². The van der Waals surface area contributed by atoms with Crippen LogP contribution in [0.2, 0.25) is 0 Å². The highest BCUT2D eigenvalue weighted by molar-refractivity contribution is 5.88. The molecule has 0 aliphatic carbocycles. The lowest BCUT2D eigenvalue weighted by molar-refractivity contribution is -0.150. The summed E-state index contributed by atoms with van der Waals surface area (Å²) >= 11 is 0. The van der Waals surface area contributed by atoms with Crippen molar-refractivity contribution in [2.24, 2.45) is 0 Å². The van der Waals surface area contributed by atoms with E-state index in [9.17, 15) is 14.4 Å². The Morgan fingerprint density at radius 1 is 1.40 bits per heavy atom. The third-order valence-electron chi connectivity index (χ3n) is 2.29. The van der Waals surface area contributed by atoms with E-state index in [1.807, 2.05) is 0 Å². The van der Waals surface area contributed by atoms with Gasteiger partial charge in [-0.1, -0.05) is 6.58 Å². The first-order chi connectivity index (χ1) is 9.45. The molecule has 1 aromatic heterocycles. The molecule has 1 aromatic carbocycles. The van der Waals surface area contributed by atoms with Crippen LogP contribution in [0.25, 0.3) is 11.1 Å². The number of nitrogens with one attached hydrogen (secondary N) is 1. The van der Waals surface area contributed by atoms with Crippen molar-refractivity contribution in [2.45, 2.75) is 6.92 Å². The number of esters is 2. The first-order valence-corrected chi connectivity index (χ1v) is 5.62. The average Bonchev–Trinajstić information content (AvgIpc) is 2.75. The number of ether oxygens (including phenoxy) is 2. The van der Waals surface area contributed by atoms with Gasteiger partial charge in [0.15, 0.2) is 12.2 Å². The van der Waals surface area contributed by atoms with Gasteiger partial charge in [-0.05, 0) is 19.1 Å². The van der Waals surface area contributed by atoms with Gasteiger partial charge >= 0.3 is 17.7 Å². The lowest BCUT2D eigenvalue weighted by Gasteiger charge is -2.05. The lowest BCUT2D eigenvalue weighted by atomic mass is 10.3. The fourth-order valence-electron chi connectivity index (χ4n) is 1.40. The van der Waals surface area contributed by atoms with Crippen LogP contribution in [-0.2, 0) is 14.3 Å². The van der Waals surface area contributed by atoms with Crippen LogP contribution in [0.1, 0.15) is 6.92 Å². The topological polar surface area (TPSA) is 98.6 Å². The molecule has 0 saturated carbocycles. The molecule has 0 amide bonds. The van der Waals surface area contributed by atoms with E-state index in [4.69, 9.17) is 9.15 Å². The molecule has 1 N–H and O–H groups in total. The Labute approximate surface area is 112 Å².